The van der Waals surface area contributed by atoms with E-state index in [4.69, 9.17) is 27.9 Å². The molecule has 0 aliphatic carbocycles. The lowest BCUT2D eigenvalue weighted by Crippen LogP contribution is -1.92. The molecule has 0 fully saturated rings. The molecule has 1 aromatic carbocycles. The Bertz CT molecular complexity index is 308. The van der Waals surface area contributed by atoms with Gasteiger partial charge in [0, 0.05) is 0 Å². The molecule has 0 radical (unpaired) electrons. The number of rotatable bonds is 2. The van der Waals surface area contributed by atoms with Crippen LogP contribution >= 0.6 is 23.2 Å². The van der Waals surface area contributed by atoms with Crippen LogP contribution in [0.15, 0.2) is 12.1 Å². The lowest BCUT2D eigenvalue weighted by Gasteiger charge is -2.11. The van der Waals surface area contributed by atoms with Gasteiger partial charge < -0.3 is 4.74 Å². The van der Waals surface area contributed by atoms with Crippen molar-refractivity contribution in [3.05, 3.63) is 27.7 Å². The first-order chi connectivity index (χ1) is 6.07. The Balaban J connectivity index is 3.23. The fraction of sp³-hybridized carbons (Fsp3) is 0.400. The average molecular weight is 219 g/mol. The minimum absolute atomic E-state index is 0.371. The molecule has 72 valence electrons. The molecule has 0 amide bonds. The average Bonchev–Trinajstić information content (AvgIpc) is 2.09. The van der Waals surface area contributed by atoms with Crippen molar-refractivity contribution in [2.75, 3.05) is 7.11 Å². The number of methoxy groups -OCH3 is 1. The molecule has 0 saturated heterocycles. The monoisotopic (exact) mass is 218 g/mol. The summed E-state index contributed by atoms with van der Waals surface area (Å²) in [6, 6.07) is 3.78. The molecule has 0 unspecified atom stereocenters. The zero-order valence-corrected chi connectivity index (χ0v) is 9.41. The highest BCUT2D eigenvalue weighted by atomic mass is 35.5. The molecule has 0 saturated carbocycles. The summed E-state index contributed by atoms with van der Waals surface area (Å²) in [5, 5.41) is 1.09. The summed E-state index contributed by atoms with van der Waals surface area (Å²) in [5.41, 5.74) is 1.05. The van der Waals surface area contributed by atoms with Crippen molar-refractivity contribution in [3.8, 4) is 5.75 Å². The molecule has 1 aromatic rings. The first kappa shape index (κ1) is 10.7. The highest BCUT2D eigenvalue weighted by Crippen LogP contribution is 2.37. The van der Waals surface area contributed by atoms with Gasteiger partial charge in [0.15, 0.2) is 0 Å². The Morgan fingerprint density at radius 1 is 1.15 bits per heavy atom. The lowest BCUT2D eigenvalue weighted by atomic mass is 10.0. The second-order valence-electron chi connectivity index (χ2n) is 3.14. The van der Waals surface area contributed by atoms with Gasteiger partial charge in [0.2, 0.25) is 0 Å². The van der Waals surface area contributed by atoms with Gasteiger partial charge in [-0.2, -0.15) is 0 Å². The molecule has 0 spiro atoms. The van der Waals surface area contributed by atoms with Crippen LogP contribution in [-0.4, -0.2) is 7.11 Å². The maximum absolute atomic E-state index is 6.06. The van der Waals surface area contributed by atoms with E-state index in [1.54, 1.807) is 7.11 Å². The van der Waals surface area contributed by atoms with Gasteiger partial charge in [-0.25, -0.2) is 0 Å². The third kappa shape index (κ3) is 2.09. The Morgan fingerprint density at radius 3 is 2.23 bits per heavy atom. The first-order valence-corrected chi connectivity index (χ1v) is 4.85. The fourth-order valence-electron chi connectivity index (χ4n) is 1.15. The smallest absolute Gasteiger partial charge is 0.138 e. The van der Waals surface area contributed by atoms with Crippen LogP contribution in [0.5, 0.6) is 5.75 Å². The van der Waals surface area contributed by atoms with Crippen molar-refractivity contribution in [3.63, 3.8) is 0 Å². The zero-order valence-electron chi connectivity index (χ0n) is 7.90. The Labute approximate surface area is 88.6 Å². The van der Waals surface area contributed by atoms with Crippen LogP contribution in [0.1, 0.15) is 25.3 Å². The largest absolute Gasteiger partial charge is 0.495 e. The molecule has 0 bridgehead atoms. The van der Waals surface area contributed by atoms with Gasteiger partial charge in [0.25, 0.3) is 0 Å². The summed E-state index contributed by atoms with van der Waals surface area (Å²) >= 11 is 12.0. The van der Waals surface area contributed by atoms with Crippen molar-refractivity contribution in [1.82, 2.24) is 0 Å². The van der Waals surface area contributed by atoms with Gasteiger partial charge in [-0.15, -0.1) is 0 Å². The maximum Gasteiger partial charge on any atom is 0.138 e. The fourth-order valence-corrected chi connectivity index (χ4v) is 1.77. The molecule has 1 nitrogen and oxygen atoms in total. The third-order valence-corrected chi connectivity index (χ3v) is 2.80. The van der Waals surface area contributed by atoms with Crippen LogP contribution in [-0.2, 0) is 0 Å². The van der Waals surface area contributed by atoms with Gasteiger partial charge in [-0.3, -0.25) is 0 Å². The maximum atomic E-state index is 6.06. The number of ether oxygens (including phenoxy) is 1. The zero-order chi connectivity index (χ0) is 10.0. The summed E-state index contributed by atoms with van der Waals surface area (Å²) in [5.74, 6) is 0.993. The standard InChI is InChI=1S/C10H12Cl2O/c1-6(2)7-4-5-8(13-3)10(12)9(7)11/h4-6H,1-3H3. The van der Waals surface area contributed by atoms with Crippen molar-refractivity contribution in [2.45, 2.75) is 19.8 Å². The molecule has 0 aliphatic heterocycles. The number of benzene rings is 1. The van der Waals surface area contributed by atoms with Crippen molar-refractivity contribution in [1.29, 1.82) is 0 Å². The highest BCUT2D eigenvalue weighted by molar-refractivity contribution is 6.43. The normalized spacial score (nSPS) is 10.6. The SMILES string of the molecule is COc1ccc(C(C)C)c(Cl)c1Cl. The third-order valence-electron chi connectivity index (χ3n) is 1.92. The molecule has 0 aromatic heterocycles. The minimum atomic E-state index is 0.371. The van der Waals surface area contributed by atoms with E-state index in [-0.39, 0.29) is 0 Å². The highest BCUT2D eigenvalue weighted by Gasteiger charge is 2.12. The van der Waals surface area contributed by atoms with Crippen molar-refractivity contribution < 1.29 is 4.74 Å². The second kappa shape index (κ2) is 4.21. The quantitative estimate of drug-likeness (QED) is 0.726. The first-order valence-electron chi connectivity index (χ1n) is 4.09. The summed E-state index contributed by atoms with van der Waals surface area (Å²) < 4.78 is 5.04. The lowest BCUT2D eigenvalue weighted by molar-refractivity contribution is 0.415. The van der Waals surface area contributed by atoms with Crippen LogP contribution in [0.25, 0.3) is 0 Å². The topological polar surface area (TPSA) is 9.23 Å². The molecule has 3 heteroatoms. The summed E-state index contributed by atoms with van der Waals surface area (Å²) in [4.78, 5) is 0. The molecule has 0 aliphatic rings. The number of hydrogen-bond donors (Lipinski definition) is 0. The summed E-state index contributed by atoms with van der Waals surface area (Å²) in [6.07, 6.45) is 0. The van der Waals surface area contributed by atoms with E-state index >= 15 is 0 Å². The molecular weight excluding hydrogens is 207 g/mol. The Morgan fingerprint density at radius 2 is 1.77 bits per heavy atom. The molecular formula is C10H12Cl2O. The molecule has 0 heterocycles. The van der Waals surface area contributed by atoms with Gasteiger partial charge in [-0.1, -0.05) is 43.1 Å². The van der Waals surface area contributed by atoms with E-state index in [0.717, 1.165) is 5.56 Å². The van der Waals surface area contributed by atoms with E-state index in [9.17, 15) is 0 Å². The Hall–Kier alpha value is -0.400. The van der Waals surface area contributed by atoms with Gasteiger partial charge in [-0.05, 0) is 17.5 Å². The number of halogens is 2. The molecule has 0 atom stereocenters. The predicted molar refractivity (Wildman–Crippen MR) is 57.1 cm³/mol. The van der Waals surface area contributed by atoms with Crippen LogP contribution in [0, 0.1) is 0 Å². The van der Waals surface area contributed by atoms with Gasteiger partial charge in [0.1, 0.15) is 10.8 Å². The Kier molecular flexibility index (Phi) is 3.46. The van der Waals surface area contributed by atoms with E-state index in [1.165, 1.54) is 0 Å². The van der Waals surface area contributed by atoms with Crippen LogP contribution in [0.2, 0.25) is 10.0 Å². The van der Waals surface area contributed by atoms with E-state index in [0.29, 0.717) is 21.7 Å². The van der Waals surface area contributed by atoms with Crippen LogP contribution in [0.4, 0.5) is 0 Å². The predicted octanol–water partition coefficient (Wildman–Crippen LogP) is 4.13. The molecule has 0 N–H and O–H groups in total. The van der Waals surface area contributed by atoms with Crippen LogP contribution in [0.3, 0.4) is 0 Å². The molecule has 13 heavy (non-hydrogen) atoms. The number of hydrogen-bond acceptors (Lipinski definition) is 1. The van der Waals surface area contributed by atoms with Gasteiger partial charge in [0.05, 0.1) is 12.1 Å². The molecule has 1 rings (SSSR count). The van der Waals surface area contributed by atoms with E-state index in [2.05, 4.69) is 13.8 Å². The van der Waals surface area contributed by atoms with Crippen molar-refractivity contribution in [2.24, 2.45) is 0 Å². The van der Waals surface area contributed by atoms with Gasteiger partial charge >= 0.3 is 0 Å². The van der Waals surface area contributed by atoms with E-state index in [1.807, 2.05) is 12.1 Å². The minimum Gasteiger partial charge on any atom is -0.495 e. The van der Waals surface area contributed by atoms with E-state index < -0.39 is 0 Å². The summed E-state index contributed by atoms with van der Waals surface area (Å²) in [7, 11) is 1.58. The summed E-state index contributed by atoms with van der Waals surface area (Å²) in [6.45, 7) is 4.15. The second-order valence-corrected chi connectivity index (χ2v) is 3.90. The van der Waals surface area contributed by atoms with Crippen LogP contribution < -0.4 is 4.74 Å². The van der Waals surface area contributed by atoms with Crippen molar-refractivity contribution >= 4 is 23.2 Å².